The third-order valence-corrected chi connectivity index (χ3v) is 4.18. The summed E-state index contributed by atoms with van der Waals surface area (Å²) in [5.41, 5.74) is 0.433. The Bertz CT molecular complexity index is 503. The summed E-state index contributed by atoms with van der Waals surface area (Å²) < 4.78 is 6.97. The van der Waals surface area contributed by atoms with Gasteiger partial charge in [-0.1, -0.05) is 5.21 Å². The number of nitrogens with zero attached hydrogens (tertiary/aromatic N) is 4. The number of carbonyl (C=O) groups excluding carboxylic acids is 1. The standard InChI is InChI=1S/C13H19N5O2/c19-13(12-6-18(16-15-12)11-1-2-11)14-10-4-17(5-10)3-9-7-20-8-9/h6,9-11H,1-5,7-8H2,(H,14,19). The van der Waals surface area contributed by atoms with Gasteiger partial charge in [0.05, 0.1) is 31.5 Å². The molecule has 0 aromatic carbocycles. The second kappa shape index (κ2) is 4.82. The minimum Gasteiger partial charge on any atom is -0.381 e. The molecule has 3 heterocycles. The molecule has 1 aromatic heterocycles. The Labute approximate surface area is 117 Å². The van der Waals surface area contributed by atoms with Crippen LogP contribution in [0.25, 0.3) is 0 Å². The lowest BCUT2D eigenvalue weighted by Gasteiger charge is -2.42. The second-order valence-corrected chi connectivity index (χ2v) is 6.11. The highest BCUT2D eigenvalue weighted by Gasteiger charge is 2.32. The van der Waals surface area contributed by atoms with Gasteiger partial charge in [0.25, 0.3) is 5.91 Å². The van der Waals surface area contributed by atoms with E-state index in [0.29, 0.717) is 17.7 Å². The summed E-state index contributed by atoms with van der Waals surface area (Å²) in [6, 6.07) is 0.711. The smallest absolute Gasteiger partial charge is 0.273 e. The van der Waals surface area contributed by atoms with E-state index in [2.05, 4.69) is 20.5 Å². The van der Waals surface area contributed by atoms with Crippen LogP contribution in [-0.2, 0) is 4.74 Å². The van der Waals surface area contributed by atoms with Crippen LogP contribution in [-0.4, -0.2) is 64.7 Å². The van der Waals surface area contributed by atoms with Gasteiger partial charge in [-0.05, 0) is 12.8 Å². The van der Waals surface area contributed by atoms with Crippen LogP contribution in [0.15, 0.2) is 6.20 Å². The van der Waals surface area contributed by atoms with E-state index in [1.807, 2.05) is 0 Å². The van der Waals surface area contributed by atoms with Crippen molar-refractivity contribution in [1.82, 2.24) is 25.2 Å². The van der Waals surface area contributed by atoms with Gasteiger partial charge < -0.3 is 10.1 Å². The highest BCUT2D eigenvalue weighted by Crippen LogP contribution is 2.33. The van der Waals surface area contributed by atoms with Crippen molar-refractivity contribution >= 4 is 5.91 Å². The van der Waals surface area contributed by atoms with E-state index in [-0.39, 0.29) is 11.9 Å². The van der Waals surface area contributed by atoms with Gasteiger partial charge in [-0.3, -0.25) is 9.69 Å². The highest BCUT2D eigenvalue weighted by atomic mass is 16.5. The molecule has 1 amide bonds. The molecule has 0 spiro atoms. The number of ether oxygens (including phenoxy) is 1. The predicted octanol–water partition coefficient (Wildman–Crippen LogP) is -0.327. The monoisotopic (exact) mass is 277 g/mol. The van der Waals surface area contributed by atoms with Crippen molar-refractivity contribution in [2.75, 3.05) is 32.8 Å². The van der Waals surface area contributed by atoms with E-state index in [1.54, 1.807) is 10.9 Å². The minimum atomic E-state index is -0.103. The number of nitrogens with one attached hydrogen (secondary N) is 1. The van der Waals surface area contributed by atoms with Gasteiger partial charge in [0.1, 0.15) is 0 Å². The van der Waals surface area contributed by atoms with Gasteiger partial charge in [0.2, 0.25) is 0 Å². The Balaban J connectivity index is 1.23. The van der Waals surface area contributed by atoms with Crippen molar-refractivity contribution < 1.29 is 9.53 Å². The summed E-state index contributed by atoms with van der Waals surface area (Å²) in [7, 11) is 0. The van der Waals surface area contributed by atoms with Crippen LogP contribution in [0.2, 0.25) is 0 Å². The molecule has 1 saturated carbocycles. The highest BCUT2D eigenvalue weighted by molar-refractivity contribution is 5.92. The van der Waals surface area contributed by atoms with Crippen LogP contribution in [0.1, 0.15) is 29.4 Å². The molecule has 1 aliphatic carbocycles. The van der Waals surface area contributed by atoms with Crippen molar-refractivity contribution in [1.29, 1.82) is 0 Å². The molecule has 3 aliphatic rings. The summed E-state index contributed by atoms with van der Waals surface area (Å²) in [6.45, 7) is 4.72. The summed E-state index contributed by atoms with van der Waals surface area (Å²) >= 11 is 0. The normalized spacial score (nSPS) is 24.2. The maximum absolute atomic E-state index is 12.0. The molecule has 4 rings (SSSR count). The zero-order valence-electron chi connectivity index (χ0n) is 11.4. The van der Waals surface area contributed by atoms with Crippen LogP contribution in [0.5, 0.6) is 0 Å². The topological polar surface area (TPSA) is 72.3 Å². The fourth-order valence-corrected chi connectivity index (χ4v) is 2.72. The van der Waals surface area contributed by atoms with Gasteiger partial charge in [0, 0.05) is 25.6 Å². The number of aromatic nitrogens is 3. The number of carbonyl (C=O) groups is 1. The lowest BCUT2D eigenvalue weighted by molar-refractivity contribution is -0.0571. The summed E-state index contributed by atoms with van der Waals surface area (Å²) in [6.07, 6.45) is 4.05. The number of hydrogen-bond donors (Lipinski definition) is 1. The zero-order chi connectivity index (χ0) is 13.5. The molecular weight excluding hydrogens is 258 g/mol. The Morgan fingerprint density at radius 3 is 2.85 bits per heavy atom. The number of hydrogen-bond acceptors (Lipinski definition) is 5. The Morgan fingerprint density at radius 2 is 2.20 bits per heavy atom. The summed E-state index contributed by atoms with van der Waals surface area (Å²) in [5, 5.41) is 11.0. The zero-order valence-corrected chi connectivity index (χ0v) is 11.4. The van der Waals surface area contributed by atoms with E-state index in [4.69, 9.17) is 4.74 Å². The number of amides is 1. The first-order valence-electron chi connectivity index (χ1n) is 7.31. The summed E-state index contributed by atoms with van der Waals surface area (Å²) in [4.78, 5) is 14.4. The van der Waals surface area contributed by atoms with Gasteiger partial charge in [0.15, 0.2) is 5.69 Å². The lowest BCUT2D eigenvalue weighted by atomic mass is 10.0. The molecule has 108 valence electrons. The van der Waals surface area contributed by atoms with Crippen molar-refractivity contribution in [2.45, 2.75) is 24.9 Å². The minimum absolute atomic E-state index is 0.103. The van der Waals surface area contributed by atoms with Gasteiger partial charge in [-0.25, -0.2) is 4.68 Å². The van der Waals surface area contributed by atoms with E-state index in [0.717, 1.165) is 45.7 Å². The Kier molecular flexibility index (Phi) is 2.96. The quantitative estimate of drug-likeness (QED) is 0.798. The lowest BCUT2D eigenvalue weighted by Crippen LogP contribution is -2.61. The fourth-order valence-electron chi connectivity index (χ4n) is 2.72. The van der Waals surface area contributed by atoms with E-state index in [1.165, 1.54) is 0 Å². The summed E-state index contributed by atoms with van der Waals surface area (Å²) in [5.74, 6) is 0.582. The second-order valence-electron chi connectivity index (χ2n) is 6.11. The third-order valence-electron chi connectivity index (χ3n) is 4.18. The van der Waals surface area contributed by atoms with Crippen molar-refractivity contribution in [3.63, 3.8) is 0 Å². The molecule has 0 bridgehead atoms. The molecule has 2 saturated heterocycles. The van der Waals surface area contributed by atoms with Crippen molar-refractivity contribution in [2.24, 2.45) is 5.92 Å². The van der Waals surface area contributed by atoms with E-state index >= 15 is 0 Å². The van der Waals surface area contributed by atoms with E-state index in [9.17, 15) is 4.79 Å². The molecule has 7 nitrogen and oxygen atoms in total. The maximum Gasteiger partial charge on any atom is 0.273 e. The van der Waals surface area contributed by atoms with Gasteiger partial charge >= 0.3 is 0 Å². The first-order valence-corrected chi connectivity index (χ1v) is 7.31. The fraction of sp³-hybridized carbons (Fsp3) is 0.769. The molecular formula is C13H19N5O2. The van der Waals surface area contributed by atoms with Crippen LogP contribution in [0, 0.1) is 5.92 Å². The predicted molar refractivity (Wildman–Crippen MR) is 70.3 cm³/mol. The first-order chi connectivity index (χ1) is 9.78. The molecule has 20 heavy (non-hydrogen) atoms. The first kappa shape index (κ1) is 12.3. The van der Waals surface area contributed by atoms with Gasteiger partial charge in [-0.2, -0.15) is 0 Å². The van der Waals surface area contributed by atoms with Crippen LogP contribution >= 0.6 is 0 Å². The molecule has 0 unspecified atom stereocenters. The molecule has 2 aliphatic heterocycles. The maximum atomic E-state index is 12.0. The van der Waals surface area contributed by atoms with E-state index < -0.39 is 0 Å². The molecule has 0 atom stereocenters. The van der Waals surface area contributed by atoms with Crippen LogP contribution in [0.4, 0.5) is 0 Å². The average Bonchev–Trinajstić information content (AvgIpc) is 3.07. The van der Waals surface area contributed by atoms with Gasteiger partial charge in [-0.15, -0.1) is 5.10 Å². The Morgan fingerprint density at radius 1 is 1.40 bits per heavy atom. The molecule has 3 fully saturated rings. The molecule has 1 aromatic rings. The SMILES string of the molecule is O=C(NC1CN(CC2COC2)C1)c1cn(C2CC2)nn1. The number of rotatable bonds is 5. The Hall–Kier alpha value is -1.47. The van der Waals surface area contributed by atoms with Crippen LogP contribution in [0.3, 0.4) is 0 Å². The largest absolute Gasteiger partial charge is 0.381 e. The van der Waals surface area contributed by atoms with Crippen molar-refractivity contribution in [3.8, 4) is 0 Å². The molecule has 1 N–H and O–H groups in total. The third kappa shape index (κ3) is 2.43. The molecule has 7 heteroatoms. The van der Waals surface area contributed by atoms with Crippen LogP contribution < -0.4 is 5.32 Å². The number of likely N-dealkylation sites (tertiary alicyclic amines) is 1. The molecule has 0 radical (unpaired) electrons. The van der Waals surface area contributed by atoms with Crippen molar-refractivity contribution in [3.05, 3.63) is 11.9 Å². The average molecular weight is 277 g/mol.